The number of rotatable bonds is 5. The third-order valence-corrected chi connectivity index (χ3v) is 2.48. The molecule has 5 heteroatoms. The molecule has 16 heavy (non-hydrogen) atoms. The summed E-state index contributed by atoms with van der Waals surface area (Å²) in [6, 6.07) is 5.08. The number of para-hydroxylation sites is 1. The van der Waals surface area contributed by atoms with Gasteiger partial charge in [-0.1, -0.05) is 30.7 Å². The first-order chi connectivity index (χ1) is 7.56. The first-order valence-corrected chi connectivity index (χ1v) is 5.24. The molecule has 0 bridgehead atoms. The van der Waals surface area contributed by atoms with E-state index >= 15 is 0 Å². The smallest absolute Gasteiger partial charge is 0.223 e. The van der Waals surface area contributed by atoms with Crippen LogP contribution in [0.15, 0.2) is 18.2 Å². The summed E-state index contributed by atoms with van der Waals surface area (Å²) < 4.78 is 5.39. The van der Waals surface area contributed by atoms with Gasteiger partial charge in [0.15, 0.2) is 0 Å². The lowest BCUT2D eigenvalue weighted by atomic mass is 10.2. The monoisotopic (exact) mass is 243 g/mol. The molecule has 0 saturated carbocycles. The van der Waals surface area contributed by atoms with Gasteiger partial charge >= 0.3 is 0 Å². The summed E-state index contributed by atoms with van der Waals surface area (Å²) in [4.78, 5) is 10.8. The van der Waals surface area contributed by atoms with E-state index in [0.717, 1.165) is 0 Å². The Morgan fingerprint density at radius 1 is 1.62 bits per heavy atom. The summed E-state index contributed by atoms with van der Waals surface area (Å²) in [5.74, 6) is -0.430. The van der Waals surface area contributed by atoms with Crippen molar-refractivity contribution in [1.82, 2.24) is 0 Å². The fourth-order valence-corrected chi connectivity index (χ4v) is 1.38. The van der Waals surface area contributed by atoms with Crippen LogP contribution in [0.3, 0.4) is 0 Å². The van der Waals surface area contributed by atoms with E-state index in [1.54, 1.807) is 25.1 Å². The summed E-state index contributed by atoms with van der Waals surface area (Å²) >= 11 is 5.92. The van der Waals surface area contributed by atoms with Crippen molar-refractivity contribution in [2.75, 3.05) is 6.61 Å². The van der Waals surface area contributed by atoms with Gasteiger partial charge < -0.3 is 15.6 Å². The van der Waals surface area contributed by atoms with Crippen molar-refractivity contribution >= 4 is 17.5 Å². The summed E-state index contributed by atoms with van der Waals surface area (Å²) in [5, 5.41) is 9.49. The molecule has 0 saturated heterocycles. The summed E-state index contributed by atoms with van der Waals surface area (Å²) in [6.07, 6.45) is 0. The number of amides is 1. The van der Waals surface area contributed by atoms with E-state index in [0.29, 0.717) is 16.3 Å². The molecule has 1 rings (SSSR count). The molecule has 0 aromatic heterocycles. The average Bonchev–Trinajstić information content (AvgIpc) is 2.26. The number of primary amides is 1. The number of carbonyl (C=O) groups excluding carboxylic acids is 1. The number of benzene rings is 1. The van der Waals surface area contributed by atoms with Crippen LogP contribution in [0.1, 0.15) is 12.5 Å². The molecule has 1 aromatic carbocycles. The highest BCUT2D eigenvalue weighted by atomic mass is 35.5. The minimum Gasteiger partial charge on any atom is -0.491 e. The van der Waals surface area contributed by atoms with E-state index in [1.807, 2.05) is 0 Å². The molecule has 0 spiro atoms. The van der Waals surface area contributed by atoms with Gasteiger partial charge in [-0.3, -0.25) is 4.79 Å². The Bertz CT molecular complexity index is 381. The second kappa shape index (κ2) is 5.72. The Kier molecular flexibility index (Phi) is 4.58. The first-order valence-electron chi connectivity index (χ1n) is 4.86. The van der Waals surface area contributed by atoms with Crippen LogP contribution in [-0.4, -0.2) is 17.6 Å². The molecule has 0 fully saturated rings. The van der Waals surface area contributed by atoms with Crippen molar-refractivity contribution in [2.24, 2.45) is 11.7 Å². The third-order valence-electron chi connectivity index (χ3n) is 2.18. The average molecular weight is 244 g/mol. The Balaban J connectivity index is 2.76. The minimum absolute atomic E-state index is 0.145. The van der Waals surface area contributed by atoms with Crippen molar-refractivity contribution in [2.45, 2.75) is 13.5 Å². The predicted octanol–water partition coefficient (Wildman–Crippen LogP) is 1.33. The van der Waals surface area contributed by atoms with Gasteiger partial charge in [0.2, 0.25) is 5.91 Å². The molecule has 4 nitrogen and oxygen atoms in total. The van der Waals surface area contributed by atoms with Crippen LogP contribution in [0.25, 0.3) is 0 Å². The zero-order chi connectivity index (χ0) is 12.1. The van der Waals surface area contributed by atoms with Gasteiger partial charge in [0, 0.05) is 5.56 Å². The zero-order valence-electron chi connectivity index (χ0n) is 8.94. The molecule has 1 unspecified atom stereocenters. The molecule has 88 valence electrons. The van der Waals surface area contributed by atoms with Gasteiger partial charge in [-0.05, 0) is 6.07 Å². The maximum atomic E-state index is 10.8. The molecule has 0 aliphatic carbocycles. The van der Waals surface area contributed by atoms with E-state index in [2.05, 4.69) is 0 Å². The van der Waals surface area contributed by atoms with Gasteiger partial charge in [0.1, 0.15) is 5.75 Å². The van der Waals surface area contributed by atoms with Crippen LogP contribution in [0.2, 0.25) is 5.02 Å². The number of nitrogens with two attached hydrogens (primary N) is 1. The Hall–Kier alpha value is -1.26. The highest BCUT2D eigenvalue weighted by molar-refractivity contribution is 6.32. The second-order valence-electron chi connectivity index (χ2n) is 3.50. The van der Waals surface area contributed by atoms with Crippen LogP contribution >= 0.6 is 11.6 Å². The van der Waals surface area contributed by atoms with Crippen LogP contribution in [0, 0.1) is 5.92 Å². The minimum atomic E-state index is -0.433. The molecule has 1 aromatic rings. The number of aliphatic hydroxyl groups excluding tert-OH is 1. The molecule has 1 atom stereocenters. The Morgan fingerprint density at radius 3 is 2.88 bits per heavy atom. The second-order valence-corrected chi connectivity index (χ2v) is 3.91. The quantitative estimate of drug-likeness (QED) is 0.820. The first kappa shape index (κ1) is 12.8. The summed E-state index contributed by atoms with van der Waals surface area (Å²) in [6.45, 7) is 1.64. The van der Waals surface area contributed by atoms with Gasteiger partial charge in [-0.25, -0.2) is 0 Å². The molecule has 0 aliphatic heterocycles. The number of hydrogen-bond donors (Lipinski definition) is 2. The molecular weight excluding hydrogens is 230 g/mol. The van der Waals surface area contributed by atoms with Crippen LogP contribution < -0.4 is 10.5 Å². The fraction of sp³-hybridized carbons (Fsp3) is 0.364. The lowest BCUT2D eigenvalue weighted by Crippen LogP contribution is -2.26. The maximum absolute atomic E-state index is 10.8. The van der Waals surface area contributed by atoms with E-state index in [1.165, 1.54) is 0 Å². The van der Waals surface area contributed by atoms with E-state index in [9.17, 15) is 4.79 Å². The van der Waals surface area contributed by atoms with Gasteiger partial charge in [-0.2, -0.15) is 0 Å². The highest BCUT2D eigenvalue weighted by Gasteiger charge is 2.13. The topological polar surface area (TPSA) is 72.6 Å². The van der Waals surface area contributed by atoms with Crippen molar-refractivity contribution in [3.8, 4) is 5.75 Å². The number of hydrogen-bond acceptors (Lipinski definition) is 3. The highest BCUT2D eigenvalue weighted by Crippen LogP contribution is 2.28. The number of aliphatic hydroxyl groups is 1. The lowest BCUT2D eigenvalue weighted by Gasteiger charge is -2.13. The van der Waals surface area contributed by atoms with Crippen LogP contribution in [-0.2, 0) is 11.4 Å². The van der Waals surface area contributed by atoms with Gasteiger partial charge in [0.25, 0.3) is 0 Å². The van der Waals surface area contributed by atoms with Gasteiger partial charge in [-0.15, -0.1) is 0 Å². The predicted molar refractivity (Wildman–Crippen MR) is 61.2 cm³/mol. The normalized spacial score (nSPS) is 12.2. The number of carbonyl (C=O) groups is 1. The van der Waals surface area contributed by atoms with Crippen molar-refractivity contribution < 1.29 is 14.6 Å². The molecular formula is C11H14ClNO3. The van der Waals surface area contributed by atoms with Crippen molar-refractivity contribution in [1.29, 1.82) is 0 Å². The largest absolute Gasteiger partial charge is 0.491 e. The third kappa shape index (κ3) is 3.12. The zero-order valence-corrected chi connectivity index (χ0v) is 9.70. The summed E-state index contributed by atoms with van der Waals surface area (Å²) in [5.41, 5.74) is 5.69. The van der Waals surface area contributed by atoms with Crippen LogP contribution in [0.4, 0.5) is 0 Å². The van der Waals surface area contributed by atoms with E-state index in [-0.39, 0.29) is 13.2 Å². The lowest BCUT2D eigenvalue weighted by molar-refractivity contribution is -0.122. The summed E-state index contributed by atoms with van der Waals surface area (Å²) in [7, 11) is 0. The molecule has 0 aliphatic rings. The van der Waals surface area contributed by atoms with Gasteiger partial charge in [0.05, 0.1) is 24.2 Å². The Morgan fingerprint density at radius 2 is 2.31 bits per heavy atom. The SMILES string of the molecule is CC(COc1c(Cl)cccc1CO)C(N)=O. The fourth-order valence-electron chi connectivity index (χ4n) is 1.13. The van der Waals surface area contributed by atoms with E-state index < -0.39 is 11.8 Å². The van der Waals surface area contributed by atoms with Crippen molar-refractivity contribution in [3.05, 3.63) is 28.8 Å². The molecule has 0 radical (unpaired) electrons. The molecule has 1 amide bonds. The maximum Gasteiger partial charge on any atom is 0.223 e. The molecule has 0 heterocycles. The van der Waals surface area contributed by atoms with E-state index in [4.69, 9.17) is 27.2 Å². The Labute approximate surface area is 99.0 Å². The number of halogens is 1. The number of ether oxygens (including phenoxy) is 1. The standard InChI is InChI=1S/C11H14ClNO3/c1-7(11(13)15)6-16-10-8(5-14)3-2-4-9(10)12/h2-4,7,14H,5-6H2,1H3,(H2,13,15). The van der Waals surface area contributed by atoms with Crippen molar-refractivity contribution in [3.63, 3.8) is 0 Å². The molecule has 3 N–H and O–H groups in total. The van der Waals surface area contributed by atoms with Crippen LogP contribution in [0.5, 0.6) is 5.75 Å².